The van der Waals surface area contributed by atoms with Crippen molar-refractivity contribution in [2.75, 3.05) is 0 Å². The second-order valence-corrected chi connectivity index (χ2v) is 5.62. The van der Waals surface area contributed by atoms with Crippen LogP contribution in [0.3, 0.4) is 0 Å². The Balaban J connectivity index is 2.26. The van der Waals surface area contributed by atoms with E-state index in [9.17, 15) is 4.79 Å². The van der Waals surface area contributed by atoms with Gasteiger partial charge in [0.1, 0.15) is 11.6 Å². The number of hydrogen-bond acceptors (Lipinski definition) is 3. The highest BCUT2D eigenvalue weighted by Gasteiger charge is 2.23. The van der Waals surface area contributed by atoms with Gasteiger partial charge in [-0.05, 0) is 43.2 Å². The quantitative estimate of drug-likeness (QED) is 0.841. The molecule has 0 aliphatic rings. The summed E-state index contributed by atoms with van der Waals surface area (Å²) in [4.78, 5) is 11.9. The van der Waals surface area contributed by atoms with Gasteiger partial charge >= 0.3 is 5.97 Å². The first kappa shape index (κ1) is 13.6. The molecular formula is C16H19NO2. The fraction of sp³-hybridized carbons (Fsp3) is 0.312. The monoisotopic (exact) mass is 257 g/mol. The maximum atomic E-state index is 11.9. The van der Waals surface area contributed by atoms with Gasteiger partial charge in [0.2, 0.25) is 0 Å². The van der Waals surface area contributed by atoms with E-state index in [-0.39, 0.29) is 0 Å². The number of fused-ring (bicyclic) bond motifs is 1. The van der Waals surface area contributed by atoms with Crippen LogP contribution in [0.25, 0.3) is 10.8 Å². The van der Waals surface area contributed by atoms with Gasteiger partial charge in [0.05, 0.1) is 0 Å². The number of carbonyl (C=O) groups is 1. The summed E-state index contributed by atoms with van der Waals surface area (Å²) in [6, 6.07) is 13.0. The summed E-state index contributed by atoms with van der Waals surface area (Å²) in [7, 11) is 0. The number of rotatable bonds is 2. The molecule has 0 aromatic heterocycles. The molecule has 2 aromatic carbocycles. The molecule has 19 heavy (non-hydrogen) atoms. The summed E-state index contributed by atoms with van der Waals surface area (Å²) in [6.45, 7) is 5.49. The smallest absolute Gasteiger partial charge is 0.328 e. The lowest BCUT2D eigenvalue weighted by Gasteiger charge is -2.22. The van der Waals surface area contributed by atoms with Gasteiger partial charge in [-0.15, -0.1) is 0 Å². The van der Waals surface area contributed by atoms with E-state index in [0.717, 1.165) is 16.3 Å². The molecule has 2 aromatic rings. The molecule has 3 heteroatoms. The number of hydrogen-bond donors (Lipinski definition) is 1. The summed E-state index contributed by atoms with van der Waals surface area (Å²) in [5.41, 5.74) is 6.21. The summed E-state index contributed by atoms with van der Waals surface area (Å²) < 4.78 is 5.30. The van der Waals surface area contributed by atoms with Crippen molar-refractivity contribution < 1.29 is 9.53 Å². The van der Waals surface area contributed by atoms with E-state index in [2.05, 4.69) is 0 Å². The Morgan fingerprint density at radius 1 is 1.11 bits per heavy atom. The van der Waals surface area contributed by atoms with Crippen molar-refractivity contribution >= 4 is 16.7 Å². The maximum absolute atomic E-state index is 11.9. The molecule has 2 N–H and O–H groups in total. The van der Waals surface area contributed by atoms with Gasteiger partial charge in [-0.25, -0.2) is 4.79 Å². The predicted octanol–water partition coefficient (Wildman–Crippen LogP) is 3.18. The van der Waals surface area contributed by atoms with Gasteiger partial charge in [0, 0.05) is 0 Å². The molecule has 0 spiro atoms. The maximum Gasteiger partial charge on any atom is 0.328 e. The molecule has 0 amide bonds. The molecule has 0 heterocycles. The van der Waals surface area contributed by atoms with Crippen LogP contribution in [0.2, 0.25) is 0 Å². The van der Waals surface area contributed by atoms with Crippen molar-refractivity contribution in [3.8, 4) is 0 Å². The van der Waals surface area contributed by atoms with Crippen LogP contribution in [0, 0.1) is 0 Å². The third-order valence-corrected chi connectivity index (χ3v) is 2.79. The normalized spacial score (nSPS) is 13.3. The van der Waals surface area contributed by atoms with Gasteiger partial charge < -0.3 is 10.5 Å². The molecule has 1 atom stereocenters. The van der Waals surface area contributed by atoms with Gasteiger partial charge in [-0.1, -0.05) is 36.4 Å². The molecule has 0 aliphatic carbocycles. The van der Waals surface area contributed by atoms with Crippen LogP contribution < -0.4 is 5.73 Å². The van der Waals surface area contributed by atoms with Crippen molar-refractivity contribution in [1.82, 2.24) is 0 Å². The number of carbonyl (C=O) groups excluding carboxylic acids is 1. The Labute approximate surface area is 113 Å². The molecule has 100 valence electrons. The molecule has 3 nitrogen and oxygen atoms in total. The van der Waals surface area contributed by atoms with Crippen molar-refractivity contribution in [3.05, 3.63) is 48.0 Å². The summed E-state index contributed by atoms with van der Waals surface area (Å²) in [5.74, 6) is -0.400. The minimum absolute atomic E-state index is 0.400. The molecule has 2 rings (SSSR count). The molecule has 0 radical (unpaired) electrons. The molecule has 0 bridgehead atoms. The van der Waals surface area contributed by atoms with Crippen molar-refractivity contribution in [2.24, 2.45) is 5.73 Å². The van der Waals surface area contributed by atoms with Crippen LogP contribution in [-0.4, -0.2) is 11.6 Å². The van der Waals surface area contributed by atoms with Crippen molar-refractivity contribution in [2.45, 2.75) is 32.4 Å². The first-order chi connectivity index (χ1) is 8.87. The van der Waals surface area contributed by atoms with E-state index in [1.165, 1.54) is 0 Å². The second kappa shape index (κ2) is 5.02. The van der Waals surface area contributed by atoms with E-state index >= 15 is 0 Å². The van der Waals surface area contributed by atoms with Gasteiger partial charge in [-0.2, -0.15) is 0 Å². The summed E-state index contributed by atoms with van der Waals surface area (Å²) in [6.07, 6.45) is 0. The SMILES string of the molecule is CC(C)(C)OC(=O)C(N)c1ccc2ccccc2c1. The van der Waals surface area contributed by atoms with Crippen molar-refractivity contribution in [1.29, 1.82) is 0 Å². The van der Waals surface area contributed by atoms with E-state index in [1.807, 2.05) is 63.2 Å². The van der Waals surface area contributed by atoms with Gasteiger partial charge in [0.25, 0.3) is 0 Å². The van der Waals surface area contributed by atoms with Gasteiger partial charge in [-0.3, -0.25) is 0 Å². The fourth-order valence-corrected chi connectivity index (χ4v) is 1.90. The summed E-state index contributed by atoms with van der Waals surface area (Å²) in [5, 5.41) is 2.20. The van der Waals surface area contributed by atoms with Crippen molar-refractivity contribution in [3.63, 3.8) is 0 Å². The number of ether oxygens (including phenoxy) is 1. The number of benzene rings is 2. The van der Waals surface area contributed by atoms with E-state index in [1.54, 1.807) is 0 Å². The van der Waals surface area contributed by atoms with Crippen LogP contribution in [0.1, 0.15) is 32.4 Å². The average molecular weight is 257 g/mol. The second-order valence-electron chi connectivity index (χ2n) is 5.62. The number of nitrogens with two attached hydrogens (primary N) is 1. The Bertz CT molecular complexity index is 599. The Kier molecular flexibility index (Phi) is 3.58. The number of esters is 1. The third kappa shape index (κ3) is 3.32. The molecule has 0 aliphatic heterocycles. The molecule has 1 unspecified atom stereocenters. The first-order valence-electron chi connectivity index (χ1n) is 6.34. The lowest BCUT2D eigenvalue weighted by atomic mass is 10.0. The lowest BCUT2D eigenvalue weighted by Crippen LogP contribution is -2.31. The largest absolute Gasteiger partial charge is 0.459 e. The van der Waals surface area contributed by atoms with Crippen LogP contribution in [0.15, 0.2) is 42.5 Å². The molecule has 0 saturated carbocycles. The molecular weight excluding hydrogens is 238 g/mol. The van der Waals surface area contributed by atoms with Crippen LogP contribution in [-0.2, 0) is 9.53 Å². The minimum atomic E-state index is -0.746. The lowest BCUT2D eigenvalue weighted by molar-refractivity contribution is -0.156. The zero-order valence-electron chi connectivity index (χ0n) is 11.5. The molecule has 0 fully saturated rings. The highest BCUT2D eigenvalue weighted by Crippen LogP contribution is 2.21. The van der Waals surface area contributed by atoms with E-state index in [4.69, 9.17) is 10.5 Å². The highest BCUT2D eigenvalue weighted by molar-refractivity contribution is 5.85. The van der Waals surface area contributed by atoms with Crippen LogP contribution in [0.4, 0.5) is 0 Å². The summed E-state index contributed by atoms with van der Waals surface area (Å²) >= 11 is 0. The van der Waals surface area contributed by atoms with Gasteiger partial charge in [0.15, 0.2) is 0 Å². The van der Waals surface area contributed by atoms with E-state index < -0.39 is 17.6 Å². The standard InChI is InChI=1S/C16H19NO2/c1-16(2,3)19-15(18)14(17)13-9-8-11-6-4-5-7-12(11)10-13/h4-10,14H,17H2,1-3H3. The minimum Gasteiger partial charge on any atom is -0.459 e. The Morgan fingerprint density at radius 3 is 2.37 bits per heavy atom. The average Bonchev–Trinajstić information content (AvgIpc) is 2.35. The molecule has 0 saturated heterocycles. The van der Waals surface area contributed by atoms with E-state index in [0.29, 0.717) is 0 Å². The third-order valence-electron chi connectivity index (χ3n) is 2.79. The topological polar surface area (TPSA) is 52.3 Å². The van der Waals surface area contributed by atoms with Crippen LogP contribution >= 0.6 is 0 Å². The van der Waals surface area contributed by atoms with Crippen LogP contribution in [0.5, 0.6) is 0 Å². The fourth-order valence-electron chi connectivity index (χ4n) is 1.90. The highest BCUT2D eigenvalue weighted by atomic mass is 16.6. The Morgan fingerprint density at radius 2 is 1.74 bits per heavy atom. The zero-order valence-corrected chi connectivity index (χ0v) is 11.5. The zero-order chi connectivity index (χ0) is 14.0. The predicted molar refractivity (Wildman–Crippen MR) is 76.7 cm³/mol. The first-order valence-corrected chi connectivity index (χ1v) is 6.34. The Hall–Kier alpha value is -1.87.